The average molecular weight is 377 g/mol. The van der Waals surface area contributed by atoms with Gasteiger partial charge in [0.2, 0.25) is 0 Å². The van der Waals surface area contributed by atoms with Gasteiger partial charge in [0.25, 0.3) is 0 Å². The van der Waals surface area contributed by atoms with Gasteiger partial charge < -0.3 is 10.8 Å². The van der Waals surface area contributed by atoms with Crippen LogP contribution in [0.3, 0.4) is 0 Å². The number of nitrogens with zero attached hydrogens (tertiary/aromatic N) is 1. The van der Waals surface area contributed by atoms with Crippen molar-refractivity contribution in [2.45, 2.75) is 28.4 Å². The molecule has 1 unspecified atom stereocenters. The summed E-state index contributed by atoms with van der Waals surface area (Å²) in [6.45, 7) is 0. The number of aliphatic carboxylic acids is 1. The topological polar surface area (TPSA) is 76.2 Å². The highest BCUT2D eigenvalue weighted by Crippen LogP contribution is 2.37. The number of carboxylic acid groups (broad SMARTS) is 1. The maximum atomic E-state index is 12.9. The van der Waals surface area contributed by atoms with Crippen molar-refractivity contribution in [3.63, 3.8) is 0 Å². The lowest BCUT2D eigenvalue weighted by Gasteiger charge is -2.16. The molecule has 1 heterocycles. The first-order valence-electron chi connectivity index (χ1n) is 6.64. The average Bonchev–Trinajstić information content (AvgIpc) is 2.48. The number of carboxylic acids is 1. The van der Waals surface area contributed by atoms with E-state index in [1.165, 1.54) is 0 Å². The maximum Gasteiger partial charge on any atom is 0.417 e. The normalized spacial score (nSPS) is 12.9. The fraction of sp³-hybridized carbons (Fsp3) is 0.200. The predicted molar refractivity (Wildman–Crippen MR) is 84.0 cm³/mol. The molecule has 0 bridgehead atoms. The minimum atomic E-state index is -4.56. The van der Waals surface area contributed by atoms with Crippen molar-refractivity contribution in [3.05, 3.63) is 52.8 Å². The van der Waals surface area contributed by atoms with Crippen molar-refractivity contribution >= 4 is 29.3 Å². The van der Waals surface area contributed by atoms with E-state index in [1.54, 1.807) is 24.3 Å². The third kappa shape index (κ3) is 4.86. The number of aromatic nitrogens is 1. The number of hydrogen-bond acceptors (Lipinski definition) is 4. The third-order valence-corrected chi connectivity index (χ3v) is 4.30. The molecular weight excluding hydrogens is 365 g/mol. The van der Waals surface area contributed by atoms with E-state index in [-0.39, 0.29) is 10.6 Å². The molecule has 1 aromatic heterocycles. The lowest BCUT2D eigenvalue weighted by atomic mass is 10.1. The molecule has 0 spiro atoms. The summed E-state index contributed by atoms with van der Waals surface area (Å²) in [5.74, 6) is -1.16. The van der Waals surface area contributed by atoms with Gasteiger partial charge >= 0.3 is 12.1 Å². The van der Waals surface area contributed by atoms with Gasteiger partial charge in [-0.05, 0) is 30.3 Å². The molecule has 128 valence electrons. The SMILES string of the molecule is NC(CC(=O)O)c1ncc(C(F)(F)F)cc1Sc1ccc(Cl)cc1. The minimum absolute atomic E-state index is 0.102. The van der Waals surface area contributed by atoms with E-state index in [0.717, 1.165) is 17.8 Å². The van der Waals surface area contributed by atoms with E-state index in [2.05, 4.69) is 4.98 Å². The Labute approximate surface area is 144 Å². The minimum Gasteiger partial charge on any atom is -0.481 e. The number of nitrogens with two attached hydrogens (primary N) is 1. The summed E-state index contributed by atoms with van der Waals surface area (Å²) in [7, 11) is 0. The van der Waals surface area contributed by atoms with Crippen molar-refractivity contribution in [2.75, 3.05) is 0 Å². The molecule has 0 aliphatic carbocycles. The summed E-state index contributed by atoms with van der Waals surface area (Å²) in [6.07, 6.45) is -4.34. The van der Waals surface area contributed by atoms with E-state index in [9.17, 15) is 18.0 Å². The molecule has 0 saturated heterocycles. The second-order valence-electron chi connectivity index (χ2n) is 4.87. The van der Waals surface area contributed by atoms with E-state index in [0.29, 0.717) is 16.1 Å². The summed E-state index contributed by atoms with van der Waals surface area (Å²) < 4.78 is 38.7. The predicted octanol–water partition coefficient (Wildman–Crippen LogP) is 4.38. The molecule has 1 atom stereocenters. The number of pyridine rings is 1. The van der Waals surface area contributed by atoms with Gasteiger partial charge in [0, 0.05) is 21.0 Å². The first-order chi connectivity index (χ1) is 11.2. The first kappa shape index (κ1) is 18.6. The van der Waals surface area contributed by atoms with Crippen LogP contribution >= 0.6 is 23.4 Å². The second-order valence-corrected chi connectivity index (χ2v) is 6.42. The molecule has 0 amide bonds. The first-order valence-corrected chi connectivity index (χ1v) is 7.84. The fourth-order valence-corrected chi connectivity index (χ4v) is 3.03. The number of hydrogen-bond donors (Lipinski definition) is 2. The highest BCUT2D eigenvalue weighted by Gasteiger charge is 2.32. The Kier molecular flexibility index (Phi) is 5.74. The lowest BCUT2D eigenvalue weighted by molar-refractivity contribution is -0.139. The van der Waals surface area contributed by atoms with Crippen LogP contribution in [0.15, 0.2) is 46.3 Å². The van der Waals surface area contributed by atoms with E-state index in [4.69, 9.17) is 22.4 Å². The van der Waals surface area contributed by atoms with Gasteiger partial charge in [-0.3, -0.25) is 9.78 Å². The Morgan fingerprint density at radius 3 is 2.50 bits per heavy atom. The van der Waals surface area contributed by atoms with Crippen molar-refractivity contribution < 1.29 is 23.1 Å². The molecule has 1 aromatic carbocycles. The number of benzene rings is 1. The van der Waals surface area contributed by atoms with Crippen molar-refractivity contribution in [3.8, 4) is 0 Å². The maximum absolute atomic E-state index is 12.9. The number of rotatable bonds is 5. The highest BCUT2D eigenvalue weighted by molar-refractivity contribution is 7.99. The van der Waals surface area contributed by atoms with Crippen LogP contribution in [0.5, 0.6) is 0 Å². The van der Waals surface area contributed by atoms with Gasteiger partial charge in [0.1, 0.15) is 0 Å². The molecule has 0 aliphatic rings. The Morgan fingerprint density at radius 1 is 1.33 bits per heavy atom. The van der Waals surface area contributed by atoms with Crippen molar-refractivity contribution in [1.82, 2.24) is 4.98 Å². The van der Waals surface area contributed by atoms with E-state index in [1.807, 2.05) is 0 Å². The quantitative estimate of drug-likeness (QED) is 0.809. The summed E-state index contributed by atoms with van der Waals surface area (Å²) in [5, 5.41) is 9.32. The molecule has 2 rings (SSSR count). The van der Waals surface area contributed by atoms with Gasteiger partial charge in [0.05, 0.1) is 23.7 Å². The molecule has 4 nitrogen and oxygen atoms in total. The molecule has 9 heteroatoms. The van der Waals surface area contributed by atoms with Gasteiger partial charge in [-0.2, -0.15) is 13.2 Å². The molecule has 0 radical (unpaired) electrons. The molecular formula is C15H12ClF3N2O2S. The fourth-order valence-electron chi connectivity index (χ4n) is 1.88. The van der Waals surface area contributed by atoms with Gasteiger partial charge in [-0.1, -0.05) is 23.4 Å². The van der Waals surface area contributed by atoms with E-state index < -0.39 is 30.2 Å². The largest absolute Gasteiger partial charge is 0.481 e. The molecule has 2 aromatic rings. The molecule has 0 aliphatic heterocycles. The number of carbonyl (C=O) groups is 1. The summed E-state index contributed by atoms with van der Waals surface area (Å²) in [5.41, 5.74) is 4.95. The zero-order valence-electron chi connectivity index (χ0n) is 12.0. The standard InChI is InChI=1S/C15H12ClF3N2O2S/c16-9-1-3-10(4-2-9)24-12-5-8(15(17,18)19)7-21-14(12)11(20)6-13(22)23/h1-5,7,11H,6,20H2,(H,22,23). The van der Waals surface area contributed by atoms with Crippen LogP contribution < -0.4 is 5.73 Å². The van der Waals surface area contributed by atoms with E-state index >= 15 is 0 Å². The summed E-state index contributed by atoms with van der Waals surface area (Å²) in [6, 6.07) is 6.38. The van der Waals surface area contributed by atoms with Crippen molar-refractivity contribution in [1.29, 1.82) is 0 Å². The van der Waals surface area contributed by atoms with Crippen LogP contribution in [0.1, 0.15) is 23.7 Å². The summed E-state index contributed by atoms with van der Waals surface area (Å²) >= 11 is 6.80. The van der Waals surface area contributed by atoms with Gasteiger partial charge in [-0.15, -0.1) is 0 Å². The molecule has 24 heavy (non-hydrogen) atoms. The van der Waals surface area contributed by atoms with Gasteiger partial charge in [0.15, 0.2) is 0 Å². The van der Waals surface area contributed by atoms with Crippen LogP contribution in [-0.4, -0.2) is 16.1 Å². The molecule has 0 saturated carbocycles. The zero-order valence-corrected chi connectivity index (χ0v) is 13.6. The van der Waals surface area contributed by atoms with Crippen LogP contribution in [-0.2, 0) is 11.0 Å². The van der Waals surface area contributed by atoms with Crippen molar-refractivity contribution in [2.24, 2.45) is 5.73 Å². The van der Waals surface area contributed by atoms with Crippen LogP contribution in [0.25, 0.3) is 0 Å². The van der Waals surface area contributed by atoms with Crippen LogP contribution in [0.4, 0.5) is 13.2 Å². The Bertz CT molecular complexity index is 738. The Balaban J connectivity index is 2.42. The van der Waals surface area contributed by atoms with Gasteiger partial charge in [-0.25, -0.2) is 0 Å². The lowest BCUT2D eigenvalue weighted by Crippen LogP contribution is -2.18. The monoisotopic (exact) mass is 376 g/mol. The zero-order chi connectivity index (χ0) is 17.9. The second kappa shape index (κ2) is 7.42. The van der Waals surface area contributed by atoms with Crippen LogP contribution in [0, 0.1) is 0 Å². The highest BCUT2D eigenvalue weighted by atomic mass is 35.5. The molecule has 3 N–H and O–H groups in total. The smallest absolute Gasteiger partial charge is 0.417 e. The molecule has 0 fully saturated rings. The Hall–Kier alpha value is -1.77. The number of halogens is 4. The summed E-state index contributed by atoms with van der Waals surface area (Å²) in [4.78, 5) is 15.3. The third-order valence-electron chi connectivity index (χ3n) is 3.00. The van der Waals surface area contributed by atoms with Crippen LogP contribution in [0.2, 0.25) is 5.02 Å². The number of alkyl halides is 3. The Morgan fingerprint density at radius 2 is 1.96 bits per heavy atom.